The summed E-state index contributed by atoms with van der Waals surface area (Å²) in [7, 11) is -3.11. The fourth-order valence-electron chi connectivity index (χ4n) is 2.14. The molecule has 0 aromatic carbocycles. The van der Waals surface area contributed by atoms with Crippen LogP contribution in [0.25, 0.3) is 0 Å². The van der Waals surface area contributed by atoms with E-state index < -0.39 is 10.0 Å². The van der Waals surface area contributed by atoms with Crippen LogP contribution in [0.15, 0.2) is 12.4 Å². The van der Waals surface area contributed by atoms with Gasteiger partial charge in [0.25, 0.3) is 0 Å². The monoisotopic (exact) mass is 270 g/mol. The minimum Gasteiger partial charge on any atom is -0.356 e. The second kappa shape index (κ2) is 5.19. The number of hydrogen-bond donors (Lipinski definition) is 1. The van der Waals surface area contributed by atoms with Gasteiger partial charge < -0.3 is 4.90 Å². The van der Waals surface area contributed by atoms with E-state index in [9.17, 15) is 8.42 Å². The van der Waals surface area contributed by atoms with Gasteiger partial charge in [0.05, 0.1) is 6.26 Å². The summed E-state index contributed by atoms with van der Waals surface area (Å²) in [6.45, 7) is 3.55. The summed E-state index contributed by atoms with van der Waals surface area (Å²) in [5, 5.41) is 0. The number of piperidine rings is 1. The molecule has 7 heteroatoms. The summed E-state index contributed by atoms with van der Waals surface area (Å²) in [4.78, 5) is 10.5. The van der Waals surface area contributed by atoms with Crippen LogP contribution in [0.2, 0.25) is 0 Å². The molecule has 1 aromatic heterocycles. The third-order valence-corrected chi connectivity index (χ3v) is 3.75. The molecule has 1 aliphatic heterocycles. The van der Waals surface area contributed by atoms with Crippen LogP contribution in [0, 0.1) is 6.92 Å². The van der Waals surface area contributed by atoms with Crippen molar-refractivity contribution in [2.75, 3.05) is 24.2 Å². The Bertz CT molecular complexity index is 510. The predicted molar refractivity (Wildman–Crippen MR) is 70.0 cm³/mol. The molecule has 100 valence electrons. The molecule has 2 rings (SSSR count). The van der Waals surface area contributed by atoms with Crippen molar-refractivity contribution in [2.45, 2.75) is 25.8 Å². The van der Waals surface area contributed by atoms with Gasteiger partial charge in [0, 0.05) is 30.9 Å². The average molecular weight is 270 g/mol. The van der Waals surface area contributed by atoms with Crippen molar-refractivity contribution in [3.8, 4) is 0 Å². The minimum absolute atomic E-state index is 0.0409. The maximum Gasteiger partial charge on any atom is 0.208 e. The molecule has 2 heterocycles. The Morgan fingerprint density at radius 2 is 2.00 bits per heavy atom. The molecule has 0 unspecified atom stereocenters. The normalized spacial score (nSPS) is 18.0. The molecule has 1 N–H and O–H groups in total. The Morgan fingerprint density at radius 1 is 1.33 bits per heavy atom. The highest BCUT2D eigenvalue weighted by atomic mass is 32.2. The number of hydrogen-bond acceptors (Lipinski definition) is 5. The smallest absolute Gasteiger partial charge is 0.208 e. The first-order valence-electron chi connectivity index (χ1n) is 5.95. The predicted octanol–water partition coefficient (Wildman–Crippen LogP) is 0.303. The van der Waals surface area contributed by atoms with E-state index in [0.717, 1.165) is 37.4 Å². The molecule has 18 heavy (non-hydrogen) atoms. The minimum atomic E-state index is -3.11. The van der Waals surface area contributed by atoms with Gasteiger partial charge in [0.1, 0.15) is 12.1 Å². The van der Waals surface area contributed by atoms with Crippen molar-refractivity contribution in [3.63, 3.8) is 0 Å². The summed E-state index contributed by atoms with van der Waals surface area (Å²) >= 11 is 0. The standard InChI is InChI=1S/C11H18N4O2S/c1-9-7-11(13-8-12-9)15-5-3-10(4-6-15)14-18(2,16)17/h7-8,10,14H,3-6H2,1-2H3. The average Bonchev–Trinajstić information content (AvgIpc) is 2.28. The summed E-state index contributed by atoms with van der Waals surface area (Å²) in [6, 6.07) is 1.99. The lowest BCUT2D eigenvalue weighted by Gasteiger charge is -2.32. The van der Waals surface area contributed by atoms with Crippen molar-refractivity contribution in [2.24, 2.45) is 0 Å². The number of nitrogens with one attached hydrogen (secondary N) is 1. The van der Waals surface area contributed by atoms with Gasteiger partial charge in [-0.05, 0) is 19.8 Å². The summed E-state index contributed by atoms with van der Waals surface area (Å²) in [5.74, 6) is 0.917. The zero-order valence-corrected chi connectivity index (χ0v) is 11.4. The maximum atomic E-state index is 11.2. The van der Waals surface area contributed by atoms with Crippen LogP contribution in [0.4, 0.5) is 5.82 Å². The molecule has 0 aliphatic carbocycles. The van der Waals surface area contributed by atoms with E-state index in [1.54, 1.807) is 6.33 Å². The van der Waals surface area contributed by atoms with E-state index >= 15 is 0 Å². The number of aryl methyl sites for hydroxylation is 1. The zero-order valence-electron chi connectivity index (χ0n) is 10.6. The van der Waals surface area contributed by atoms with E-state index in [-0.39, 0.29) is 6.04 Å². The van der Waals surface area contributed by atoms with Gasteiger partial charge in [-0.1, -0.05) is 0 Å². The van der Waals surface area contributed by atoms with Crippen LogP contribution in [0.5, 0.6) is 0 Å². The van der Waals surface area contributed by atoms with Gasteiger partial charge in [-0.15, -0.1) is 0 Å². The SMILES string of the molecule is Cc1cc(N2CCC(NS(C)(=O)=O)CC2)ncn1. The Hall–Kier alpha value is -1.21. The maximum absolute atomic E-state index is 11.2. The largest absolute Gasteiger partial charge is 0.356 e. The van der Waals surface area contributed by atoms with E-state index in [4.69, 9.17) is 0 Å². The Labute approximate surface area is 107 Å². The van der Waals surface area contributed by atoms with Crippen molar-refractivity contribution in [3.05, 3.63) is 18.1 Å². The van der Waals surface area contributed by atoms with E-state index in [1.807, 2.05) is 13.0 Å². The lowest BCUT2D eigenvalue weighted by Crippen LogP contribution is -2.44. The number of rotatable bonds is 3. The molecular weight excluding hydrogens is 252 g/mol. The van der Waals surface area contributed by atoms with Crippen LogP contribution < -0.4 is 9.62 Å². The van der Waals surface area contributed by atoms with E-state index in [0.29, 0.717) is 0 Å². The van der Waals surface area contributed by atoms with Crippen molar-refractivity contribution >= 4 is 15.8 Å². The van der Waals surface area contributed by atoms with Gasteiger partial charge in [-0.3, -0.25) is 0 Å². The first kappa shape index (κ1) is 13.2. The van der Waals surface area contributed by atoms with Crippen LogP contribution in [0.3, 0.4) is 0 Å². The third kappa shape index (κ3) is 3.64. The number of nitrogens with zero attached hydrogens (tertiary/aromatic N) is 3. The lowest BCUT2D eigenvalue weighted by molar-refractivity contribution is 0.460. The quantitative estimate of drug-likeness (QED) is 0.855. The highest BCUT2D eigenvalue weighted by Crippen LogP contribution is 2.18. The van der Waals surface area contributed by atoms with Gasteiger partial charge >= 0.3 is 0 Å². The van der Waals surface area contributed by atoms with Crippen LogP contribution in [0.1, 0.15) is 18.5 Å². The van der Waals surface area contributed by atoms with Crippen LogP contribution in [-0.2, 0) is 10.0 Å². The molecule has 0 amide bonds. The zero-order chi connectivity index (χ0) is 13.2. The Balaban J connectivity index is 1.94. The van der Waals surface area contributed by atoms with Crippen LogP contribution in [-0.4, -0.2) is 43.8 Å². The molecule has 6 nitrogen and oxygen atoms in total. The molecular formula is C11H18N4O2S. The summed E-state index contributed by atoms with van der Waals surface area (Å²) in [5.41, 5.74) is 0.941. The molecule has 0 saturated carbocycles. The first-order chi connectivity index (χ1) is 8.44. The van der Waals surface area contributed by atoms with Gasteiger partial charge in [0.15, 0.2) is 0 Å². The topological polar surface area (TPSA) is 75.2 Å². The van der Waals surface area contributed by atoms with Crippen LogP contribution >= 0.6 is 0 Å². The molecule has 1 aliphatic rings. The summed E-state index contributed by atoms with van der Waals surface area (Å²) < 4.78 is 25.0. The molecule has 0 bridgehead atoms. The summed E-state index contributed by atoms with van der Waals surface area (Å²) in [6.07, 6.45) is 4.37. The molecule has 1 saturated heterocycles. The highest BCUT2D eigenvalue weighted by molar-refractivity contribution is 7.88. The Morgan fingerprint density at radius 3 is 2.56 bits per heavy atom. The van der Waals surface area contributed by atoms with E-state index in [1.165, 1.54) is 6.26 Å². The van der Waals surface area contributed by atoms with Gasteiger partial charge in [-0.2, -0.15) is 0 Å². The third-order valence-electron chi connectivity index (χ3n) is 2.99. The molecule has 0 spiro atoms. The van der Waals surface area contributed by atoms with Crippen molar-refractivity contribution < 1.29 is 8.42 Å². The first-order valence-corrected chi connectivity index (χ1v) is 7.84. The van der Waals surface area contributed by atoms with Crippen molar-refractivity contribution in [1.29, 1.82) is 0 Å². The fraction of sp³-hybridized carbons (Fsp3) is 0.636. The molecule has 0 atom stereocenters. The highest BCUT2D eigenvalue weighted by Gasteiger charge is 2.22. The molecule has 1 fully saturated rings. The fourth-order valence-corrected chi connectivity index (χ4v) is 2.98. The Kier molecular flexibility index (Phi) is 3.82. The lowest BCUT2D eigenvalue weighted by atomic mass is 10.1. The second-order valence-corrected chi connectivity index (χ2v) is 6.45. The van der Waals surface area contributed by atoms with Gasteiger partial charge in [0.2, 0.25) is 10.0 Å². The second-order valence-electron chi connectivity index (χ2n) is 4.67. The molecule has 1 aromatic rings. The van der Waals surface area contributed by atoms with E-state index in [2.05, 4.69) is 19.6 Å². The van der Waals surface area contributed by atoms with Crippen molar-refractivity contribution in [1.82, 2.24) is 14.7 Å². The number of anilines is 1. The van der Waals surface area contributed by atoms with Gasteiger partial charge in [-0.25, -0.2) is 23.1 Å². The number of aromatic nitrogens is 2. The number of sulfonamides is 1. The molecule has 0 radical (unpaired) electrons.